The van der Waals surface area contributed by atoms with Gasteiger partial charge >= 0.3 is 12.0 Å². The number of fused-ring (bicyclic) bond motifs is 6. The van der Waals surface area contributed by atoms with E-state index in [0.717, 1.165) is 44.7 Å². The second kappa shape index (κ2) is 19.1. The van der Waals surface area contributed by atoms with Crippen molar-refractivity contribution in [3.63, 3.8) is 0 Å². The molecule has 18 heteroatoms. The van der Waals surface area contributed by atoms with Crippen molar-refractivity contribution in [2.75, 3.05) is 53.5 Å². The number of ether oxygens (including phenoxy) is 2. The van der Waals surface area contributed by atoms with E-state index in [1.165, 1.54) is 21.2 Å². The number of carbonyl (C=O) groups is 5. The van der Waals surface area contributed by atoms with Crippen molar-refractivity contribution in [3.8, 4) is 22.5 Å². The maximum atomic E-state index is 14.6. The highest BCUT2D eigenvalue weighted by atomic mass is 32.1. The van der Waals surface area contributed by atoms with E-state index < -0.39 is 41.3 Å². The number of hydrazine groups is 1. The number of methoxy groups -OCH3 is 1. The van der Waals surface area contributed by atoms with Crippen molar-refractivity contribution in [1.29, 1.82) is 0 Å². The van der Waals surface area contributed by atoms with Crippen molar-refractivity contribution < 1.29 is 33.4 Å². The number of piperazine rings is 1. The number of aryl methyl sites for hydroxylation is 1. The summed E-state index contributed by atoms with van der Waals surface area (Å²) in [5, 5.41) is 11.2. The molecule has 4 aromatic rings. The van der Waals surface area contributed by atoms with Gasteiger partial charge in [-0.25, -0.2) is 15.2 Å². The van der Waals surface area contributed by atoms with Crippen molar-refractivity contribution >= 4 is 52.0 Å². The van der Waals surface area contributed by atoms with Gasteiger partial charge in [0.25, 0.3) is 5.91 Å². The quantitative estimate of drug-likeness (QED) is 0.169. The number of urea groups is 1. The van der Waals surface area contributed by atoms with E-state index in [-0.39, 0.29) is 49.1 Å². The third kappa shape index (κ3) is 9.55. The molecular weight excluding hydrogens is 861 g/mol. The second-order valence-electron chi connectivity index (χ2n) is 19.5. The molecule has 0 unspecified atom stereocenters. The highest BCUT2D eigenvalue weighted by Gasteiger charge is 2.41. The van der Waals surface area contributed by atoms with Gasteiger partial charge in [-0.15, -0.1) is 11.3 Å². The fourth-order valence-corrected chi connectivity index (χ4v) is 10.6. The molecule has 3 N–H and O–H groups in total. The summed E-state index contributed by atoms with van der Waals surface area (Å²) in [6, 6.07) is 6.86. The van der Waals surface area contributed by atoms with Crippen LogP contribution >= 0.6 is 11.3 Å². The summed E-state index contributed by atoms with van der Waals surface area (Å²) in [4.78, 5) is 84.7. The maximum Gasteiger partial charge on any atom is 0.324 e. The fourth-order valence-electron chi connectivity index (χ4n) is 9.78. The van der Waals surface area contributed by atoms with Crippen molar-refractivity contribution in [2.45, 2.75) is 104 Å². The molecule has 6 bridgehead atoms. The minimum atomic E-state index is -1.08. The zero-order chi connectivity index (χ0) is 47.2. The summed E-state index contributed by atoms with van der Waals surface area (Å²) < 4.78 is 14.1. The van der Waals surface area contributed by atoms with Crippen LogP contribution in [0.5, 0.6) is 0 Å². The molecule has 354 valence electrons. The second-order valence-corrected chi connectivity index (χ2v) is 20.4. The van der Waals surface area contributed by atoms with Gasteiger partial charge in [-0.3, -0.25) is 29.2 Å². The minimum Gasteiger partial charge on any atom is -0.464 e. The number of likely N-dealkylation sites (N-methyl/N-ethyl adjacent to an activating group) is 1. The molecule has 6 atom stereocenters. The molecule has 4 aliphatic rings. The van der Waals surface area contributed by atoms with E-state index in [1.54, 1.807) is 25.3 Å². The zero-order valence-electron chi connectivity index (χ0n) is 39.6. The number of amides is 5. The summed E-state index contributed by atoms with van der Waals surface area (Å²) in [5.41, 5.74) is 9.15. The molecule has 17 nitrogen and oxygen atoms in total. The van der Waals surface area contributed by atoms with Gasteiger partial charge in [0.1, 0.15) is 18.1 Å². The molecule has 0 saturated carbocycles. The Morgan fingerprint density at radius 3 is 2.59 bits per heavy atom. The Hall–Kier alpha value is -5.43. The number of hydrogen-bond acceptors (Lipinski definition) is 12. The first-order valence-electron chi connectivity index (χ1n) is 23.1. The smallest absolute Gasteiger partial charge is 0.324 e. The number of rotatable bonds is 8. The molecule has 3 saturated heterocycles. The average Bonchev–Trinajstić information content (AvgIpc) is 4.00. The number of thiazole rings is 1. The van der Waals surface area contributed by atoms with Crippen LogP contribution in [0.3, 0.4) is 0 Å². The summed E-state index contributed by atoms with van der Waals surface area (Å²) in [6.07, 6.45) is 3.18. The lowest BCUT2D eigenvalue weighted by atomic mass is 9.84. The van der Waals surface area contributed by atoms with Gasteiger partial charge < -0.3 is 39.4 Å². The van der Waals surface area contributed by atoms with Gasteiger partial charge in [0, 0.05) is 105 Å². The van der Waals surface area contributed by atoms with Crippen LogP contribution in [0.15, 0.2) is 41.9 Å². The summed E-state index contributed by atoms with van der Waals surface area (Å²) >= 11 is 1.41. The molecule has 0 spiro atoms. The minimum absolute atomic E-state index is 0.0449. The first kappa shape index (κ1) is 47.1. The molecule has 5 amide bonds. The summed E-state index contributed by atoms with van der Waals surface area (Å²) in [6.45, 7) is 14.0. The number of cyclic esters (lactones) is 1. The van der Waals surface area contributed by atoms with Crippen LogP contribution in [-0.4, -0.2) is 148 Å². The van der Waals surface area contributed by atoms with E-state index in [9.17, 15) is 24.0 Å². The molecule has 0 radical (unpaired) electrons. The largest absolute Gasteiger partial charge is 0.464 e. The van der Waals surface area contributed by atoms with Gasteiger partial charge in [0.2, 0.25) is 11.8 Å². The standard InChI is InChI=1S/C48H64N10O7S/c1-27(2)41(55(8)47(63)56-18-19-57(28(3)24-56)44(60)36-23-50-36)43(59)52-35-21-39-51-37(25-66-39)30-14-15-38-32(20-30)33(42(54(38)7)31-12-10-16-49-40(31)29(4)64-9)22-48(5,6)26-65-46(62)34-13-11-17-58(53-34)45(35)61/h10,12,14-16,20,25,27-29,34-36,41,50,53H,11,13,17-19,21-24,26H2,1-9H3,(H,52,59)/t28-,29-,34-,35-,36+,41-/m0/s1. The number of aromatic nitrogens is 3. The van der Waals surface area contributed by atoms with Crippen molar-refractivity contribution in [1.82, 2.24) is 50.3 Å². The predicted octanol–water partition coefficient (Wildman–Crippen LogP) is 4.30. The number of carbonyl (C=O) groups excluding carboxylic acids is 5. The Morgan fingerprint density at radius 2 is 1.88 bits per heavy atom. The molecular formula is C48H64N10O7S. The van der Waals surface area contributed by atoms with Gasteiger partial charge in [0.15, 0.2) is 0 Å². The number of nitrogens with one attached hydrogen (secondary N) is 3. The Morgan fingerprint density at radius 1 is 1.11 bits per heavy atom. The number of benzene rings is 1. The molecule has 7 heterocycles. The van der Waals surface area contributed by atoms with Gasteiger partial charge in [-0.05, 0) is 68.9 Å². The third-order valence-corrected chi connectivity index (χ3v) is 14.4. The van der Waals surface area contributed by atoms with Crippen LogP contribution in [-0.2, 0) is 48.5 Å². The van der Waals surface area contributed by atoms with Crippen LogP contribution in [0.2, 0.25) is 0 Å². The summed E-state index contributed by atoms with van der Waals surface area (Å²) in [7, 11) is 5.34. The number of esters is 1. The van der Waals surface area contributed by atoms with E-state index in [2.05, 4.69) is 59.7 Å². The maximum absolute atomic E-state index is 14.6. The average molecular weight is 925 g/mol. The normalized spacial score (nSPS) is 23.3. The van der Waals surface area contributed by atoms with E-state index in [0.29, 0.717) is 57.0 Å². The number of nitrogens with zero attached hydrogens (tertiary/aromatic N) is 7. The first-order valence-corrected chi connectivity index (χ1v) is 24.0. The zero-order valence-corrected chi connectivity index (χ0v) is 40.4. The topological polar surface area (TPSA) is 193 Å². The van der Waals surface area contributed by atoms with Crippen LogP contribution in [0.1, 0.15) is 76.8 Å². The Balaban J connectivity index is 1.12. The molecule has 0 aliphatic carbocycles. The number of pyridine rings is 1. The van der Waals surface area contributed by atoms with Crippen molar-refractivity contribution in [2.24, 2.45) is 18.4 Å². The SMILES string of the molecule is CO[C@@H](C)c1ncccc1-c1c2c3cc(ccc3n1C)-c1csc(n1)C[C@H](NC(=O)[C@H](C(C)C)N(C)C(=O)N1CCN(C(=O)[C@H]3CN3)[C@@H](C)C1)C(=O)N1CCC[C@H](N1)C(=O)OCC(C)(C)C2. The number of hydrogen-bond donors (Lipinski definition) is 3. The lowest BCUT2D eigenvalue weighted by molar-refractivity contribution is -0.155. The van der Waals surface area contributed by atoms with Crippen molar-refractivity contribution in [3.05, 3.63) is 58.2 Å². The molecule has 1 aromatic carbocycles. The first-order chi connectivity index (χ1) is 31.5. The molecule has 3 fully saturated rings. The van der Waals surface area contributed by atoms with Gasteiger partial charge in [0.05, 0.1) is 40.8 Å². The highest BCUT2D eigenvalue weighted by Crippen LogP contribution is 2.41. The van der Waals surface area contributed by atoms with Crippen LogP contribution in [0, 0.1) is 11.3 Å². The van der Waals surface area contributed by atoms with E-state index in [4.69, 9.17) is 19.4 Å². The monoisotopic (exact) mass is 924 g/mol. The molecule has 66 heavy (non-hydrogen) atoms. The van der Waals surface area contributed by atoms with Crippen LogP contribution in [0.25, 0.3) is 33.4 Å². The molecule has 3 aromatic heterocycles. The van der Waals surface area contributed by atoms with E-state index >= 15 is 0 Å². The van der Waals surface area contributed by atoms with Gasteiger partial charge in [-0.2, -0.15) is 0 Å². The van der Waals surface area contributed by atoms with E-state index in [1.807, 2.05) is 50.1 Å². The third-order valence-electron chi connectivity index (χ3n) is 13.5. The molecule has 8 rings (SSSR count). The fraction of sp³-hybridized carbons (Fsp3) is 0.562. The lowest BCUT2D eigenvalue weighted by Crippen LogP contribution is -2.63. The molecule has 4 aliphatic heterocycles. The summed E-state index contributed by atoms with van der Waals surface area (Å²) in [5.74, 6) is -1.63. The highest BCUT2D eigenvalue weighted by molar-refractivity contribution is 7.10. The Labute approximate surface area is 390 Å². The predicted molar refractivity (Wildman–Crippen MR) is 251 cm³/mol. The lowest BCUT2D eigenvalue weighted by Gasteiger charge is -2.42. The van der Waals surface area contributed by atoms with Crippen LogP contribution < -0.4 is 16.1 Å². The van der Waals surface area contributed by atoms with Gasteiger partial charge in [-0.1, -0.05) is 33.8 Å². The Kier molecular flexibility index (Phi) is 13.6. The van der Waals surface area contributed by atoms with Crippen LogP contribution in [0.4, 0.5) is 4.79 Å². The Bertz CT molecular complexity index is 2500.